The molecule has 4 rings (SSSR count). The largest absolute Gasteiger partial charge is 0.378 e. The molecule has 0 heterocycles. The SMILES string of the molecule is [2H]C(c1ccc(-c2ccc(N(C)C)cc2)cc1F)N(C(=O)c1ccccc1)c1cc(F)cc(/C=C/C(C)=O)c1. The highest BCUT2D eigenvalue weighted by Gasteiger charge is 2.21. The molecule has 0 saturated heterocycles. The zero-order valence-corrected chi connectivity index (χ0v) is 21.4. The van der Waals surface area contributed by atoms with Crippen LogP contribution in [0.2, 0.25) is 0 Å². The number of rotatable bonds is 8. The van der Waals surface area contributed by atoms with Crippen molar-refractivity contribution in [2.45, 2.75) is 13.4 Å². The molecule has 0 bridgehead atoms. The number of nitrogens with zero attached hydrogens (tertiary/aromatic N) is 2. The predicted octanol–water partition coefficient (Wildman–Crippen LogP) is 7.15. The van der Waals surface area contributed by atoms with E-state index in [1.807, 2.05) is 43.3 Å². The van der Waals surface area contributed by atoms with Crippen molar-refractivity contribution in [2.75, 3.05) is 23.9 Å². The maximum Gasteiger partial charge on any atom is 0.258 e. The van der Waals surface area contributed by atoms with Gasteiger partial charge in [-0.2, -0.15) is 0 Å². The third kappa shape index (κ3) is 6.40. The summed E-state index contributed by atoms with van der Waals surface area (Å²) in [6, 6.07) is 24.2. The maximum atomic E-state index is 15.5. The molecule has 4 nitrogen and oxygen atoms in total. The molecule has 6 heteroatoms. The minimum absolute atomic E-state index is 0.0435. The molecule has 192 valence electrons. The van der Waals surface area contributed by atoms with Crippen LogP contribution in [-0.2, 0) is 11.3 Å². The summed E-state index contributed by atoms with van der Waals surface area (Å²) in [6.07, 6.45) is 2.71. The molecule has 38 heavy (non-hydrogen) atoms. The fourth-order valence-electron chi connectivity index (χ4n) is 3.92. The summed E-state index contributed by atoms with van der Waals surface area (Å²) in [5.41, 5.74) is 3.04. The van der Waals surface area contributed by atoms with E-state index in [0.717, 1.165) is 22.2 Å². The number of carbonyl (C=O) groups excluding carboxylic acids is 2. The van der Waals surface area contributed by atoms with Gasteiger partial charge in [-0.1, -0.05) is 48.5 Å². The van der Waals surface area contributed by atoms with Gasteiger partial charge in [0, 0.05) is 36.6 Å². The number of hydrogen-bond acceptors (Lipinski definition) is 3. The Bertz CT molecular complexity index is 1520. The lowest BCUT2D eigenvalue weighted by Gasteiger charge is -2.24. The van der Waals surface area contributed by atoms with Crippen molar-refractivity contribution >= 4 is 29.1 Å². The average Bonchev–Trinajstić information content (AvgIpc) is 2.92. The molecule has 0 saturated carbocycles. The number of benzene rings is 4. The van der Waals surface area contributed by atoms with Crippen LogP contribution in [0.4, 0.5) is 20.2 Å². The molecular weight excluding hydrogens is 482 g/mol. The summed E-state index contributed by atoms with van der Waals surface area (Å²) in [7, 11) is 3.86. The number of amides is 1. The lowest BCUT2D eigenvalue weighted by atomic mass is 10.0. The number of halogens is 2. The summed E-state index contributed by atoms with van der Waals surface area (Å²) in [5.74, 6) is -2.14. The molecule has 0 fully saturated rings. The molecule has 0 aliphatic heterocycles. The molecule has 0 radical (unpaired) electrons. The zero-order valence-electron chi connectivity index (χ0n) is 22.4. The monoisotopic (exact) mass is 511 g/mol. The van der Waals surface area contributed by atoms with Crippen molar-refractivity contribution in [1.82, 2.24) is 0 Å². The van der Waals surface area contributed by atoms with Gasteiger partial charge >= 0.3 is 0 Å². The first kappa shape index (κ1) is 25.1. The highest BCUT2D eigenvalue weighted by atomic mass is 19.1. The van der Waals surface area contributed by atoms with E-state index in [1.165, 1.54) is 43.3 Å². The molecule has 0 N–H and O–H groups in total. The van der Waals surface area contributed by atoms with E-state index in [9.17, 15) is 14.0 Å². The van der Waals surface area contributed by atoms with Crippen molar-refractivity contribution in [2.24, 2.45) is 0 Å². The second-order valence-electron chi connectivity index (χ2n) is 9.03. The van der Waals surface area contributed by atoms with Gasteiger partial charge in [-0.15, -0.1) is 0 Å². The zero-order chi connectivity index (χ0) is 28.1. The Morgan fingerprint density at radius 2 is 1.53 bits per heavy atom. The van der Waals surface area contributed by atoms with E-state index in [2.05, 4.69) is 0 Å². The molecule has 1 atom stereocenters. The van der Waals surface area contributed by atoms with Gasteiger partial charge in [0.25, 0.3) is 5.91 Å². The molecule has 0 spiro atoms. The van der Waals surface area contributed by atoms with Crippen LogP contribution >= 0.6 is 0 Å². The molecule has 4 aromatic rings. The molecule has 0 aliphatic carbocycles. The summed E-state index contributed by atoms with van der Waals surface area (Å²) in [5, 5.41) is 0. The lowest BCUT2D eigenvalue weighted by Crippen LogP contribution is -2.31. The number of allylic oxidation sites excluding steroid dienone is 1. The lowest BCUT2D eigenvalue weighted by molar-refractivity contribution is -0.112. The van der Waals surface area contributed by atoms with Crippen LogP contribution in [-0.4, -0.2) is 25.8 Å². The van der Waals surface area contributed by atoms with Crippen LogP contribution in [0.1, 0.15) is 29.8 Å². The Hall–Kier alpha value is -4.58. The molecule has 4 aromatic carbocycles. The fourth-order valence-corrected chi connectivity index (χ4v) is 3.92. The molecule has 0 aliphatic rings. The maximum absolute atomic E-state index is 15.5. The van der Waals surface area contributed by atoms with Gasteiger partial charge in [0.15, 0.2) is 5.78 Å². The highest BCUT2D eigenvalue weighted by molar-refractivity contribution is 6.06. The summed E-state index contributed by atoms with van der Waals surface area (Å²) < 4.78 is 39.1. The third-order valence-electron chi connectivity index (χ3n) is 5.92. The minimum atomic E-state index is -1.52. The standard InChI is InChI=1S/C32H28F2N2O2/c1-22(37)9-10-23-17-28(33)20-30(18-23)36(32(38)25-7-5-4-6-8-25)21-27-12-11-26(19-31(27)34)24-13-15-29(16-14-24)35(2)3/h4-20H,21H2,1-3H3/b10-9+/i21D. The van der Waals surface area contributed by atoms with E-state index in [4.69, 9.17) is 1.37 Å². The van der Waals surface area contributed by atoms with Gasteiger partial charge in [0.2, 0.25) is 0 Å². The van der Waals surface area contributed by atoms with Crippen molar-refractivity contribution in [3.63, 3.8) is 0 Å². The topological polar surface area (TPSA) is 40.6 Å². The number of hydrogen-bond donors (Lipinski definition) is 0. The first-order valence-corrected chi connectivity index (χ1v) is 12.0. The van der Waals surface area contributed by atoms with Gasteiger partial charge in [-0.25, -0.2) is 8.78 Å². The van der Waals surface area contributed by atoms with Crippen LogP contribution in [0.15, 0.2) is 97.1 Å². The van der Waals surface area contributed by atoms with Crippen molar-refractivity contribution < 1.29 is 19.7 Å². The minimum Gasteiger partial charge on any atom is -0.378 e. The van der Waals surface area contributed by atoms with Gasteiger partial charge < -0.3 is 9.80 Å². The second-order valence-corrected chi connectivity index (χ2v) is 9.03. The van der Waals surface area contributed by atoms with Crippen molar-refractivity contribution in [3.8, 4) is 11.1 Å². The Kier molecular flexibility index (Phi) is 7.69. The highest BCUT2D eigenvalue weighted by Crippen LogP contribution is 2.28. The number of ketones is 1. The van der Waals surface area contributed by atoms with Gasteiger partial charge in [-0.3, -0.25) is 9.59 Å². The smallest absolute Gasteiger partial charge is 0.258 e. The normalized spacial score (nSPS) is 12.2. The van der Waals surface area contributed by atoms with Crippen molar-refractivity contribution in [1.29, 1.82) is 0 Å². The van der Waals surface area contributed by atoms with Crippen LogP contribution in [0.5, 0.6) is 0 Å². The Morgan fingerprint density at radius 1 is 0.842 bits per heavy atom. The summed E-state index contributed by atoms with van der Waals surface area (Å²) in [6.45, 7) is -0.153. The first-order chi connectivity index (χ1) is 18.6. The quantitative estimate of drug-likeness (QED) is 0.236. The van der Waals surface area contributed by atoms with Gasteiger partial charge in [0.05, 0.1) is 7.89 Å². The third-order valence-corrected chi connectivity index (χ3v) is 5.92. The van der Waals surface area contributed by atoms with Gasteiger partial charge in [0.1, 0.15) is 11.6 Å². The summed E-state index contributed by atoms with van der Waals surface area (Å²) in [4.78, 5) is 28.0. The van der Waals surface area contributed by atoms with E-state index < -0.39 is 24.1 Å². The first-order valence-electron chi connectivity index (χ1n) is 12.6. The Morgan fingerprint density at radius 3 is 2.16 bits per heavy atom. The van der Waals surface area contributed by atoms with Gasteiger partial charge in [-0.05, 0) is 78.2 Å². The van der Waals surface area contributed by atoms with E-state index in [-0.39, 0.29) is 22.6 Å². The fraction of sp³-hybridized carbons (Fsp3) is 0.125. The number of anilines is 2. The Labute approximate surface area is 222 Å². The summed E-state index contributed by atoms with van der Waals surface area (Å²) >= 11 is 0. The average molecular weight is 512 g/mol. The van der Waals surface area contributed by atoms with E-state index >= 15 is 4.39 Å². The van der Waals surface area contributed by atoms with E-state index in [0.29, 0.717) is 11.1 Å². The van der Waals surface area contributed by atoms with Crippen LogP contribution < -0.4 is 9.80 Å². The molecular formula is C32H28F2N2O2. The molecule has 1 unspecified atom stereocenters. The van der Waals surface area contributed by atoms with Crippen molar-refractivity contribution in [3.05, 3.63) is 125 Å². The van der Waals surface area contributed by atoms with Crippen LogP contribution in [0.25, 0.3) is 17.2 Å². The van der Waals surface area contributed by atoms with Crippen LogP contribution in [0.3, 0.4) is 0 Å². The van der Waals surface area contributed by atoms with Crippen LogP contribution in [0, 0.1) is 11.6 Å². The Balaban J connectivity index is 1.76. The molecule has 0 aromatic heterocycles. The molecule has 1 amide bonds. The van der Waals surface area contributed by atoms with E-state index in [1.54, 1.807) is 36.4 Å². The number of carbonyl (C=O) groups is 2. The second kappa shape index (κ2) is 11.6. The predicted molar refractivity (Wildman–Crippen MR) is 149 cm³/mol.